The van der Waals surface area contributed by atoms with E-state index in [2.05, 4.69) is 30.6 Å². The van der Waals surface area contributed by atoms with Crippen molar-refractivity contribution in [1.82, 2.24) is 19.9 Å². The lowest BCUT2D eigenvalue weighted by molar-refractivity contribution is 0.0636. The van der Waals surface area contributed by atoms with Crippen LogP contribution in [-0.2, 0) is 4.74 Å². The minimum atomic E-state index is -0.544. The second-order valence-electron chi connectivity index (χ2n) is 6.72. The molecule has 3 rings (SSSR count). The van der Waals surface area contributed by atoms with E-state index < -0.39 is 11.7 Å². The molecule has 0 aliphatic rings. The monoisotopic (exact) mass is 468 g/mol. The van der Waals surface area contributed by atoms with Crippen LogP contribution in [0.1, 0.15) is 20.8 Å². The van der Waals surface area contributed by atoms with Gasteiger partial charge in [0.05, 0.1) is 0 Å². The lowest BCUT2D eigenvalue weighted by atomic mass is 10.2. The van der Waals surface area contributed by atoms with E-state index in [1.165, 1.54) is 18.7 Å². The van der Waals surface area contributed by atoms with Gasteiger partial charge in [-0.1, -0.05) is 40.9 Å². The summed E-state index contributed by atoms with van der Waals surface area (Å²) in [5.74, 6) is 0.564. The van der Waals surface area contributed by atoms with Crippen LogP contribution < -0.4 is 10.6 Å². The van der Waals surface area contributed by atoms with E-state index in [4.69, 9.17) is 39.5 Å². The molecule has 1 aromatic carbocycles. The molecule has 0 saturated carbocycles. The van der Waals surface area contributed by atoms with Crippen molar-refractivity contribution < 1.29 is 9.53 Å². The van der Waals surface area contributed by atoms with Crippen LogP contribution in [0.4, 0.5) is 22.0 Å². The number of benzene rings is 1. The van der Waals surface area contributed by atoms with Gasteiger partial charge in [-0.15, -0.1) is 0 Å². The smallest absolute Gasteiger partial charge is 0.412 e. The van der Waals surface area contributed by atoms with Gasteiger partial charge in [-0.25, -0.2) is 24.7 Å². The van der Waals surface area contributed by atoms with Gasteiger partial charge >= 0.3 is 6.09 Å². The number of nitrogens with one attached hydrogen (secondary N) is 2. The van der Waals surface area contributed by atoms with E-state index in [0.29, 0.717) is 27.0 Å². The summed E-state index contributed by atoms with van der Waals surface area (Å²) < 4.78 is 5.21. The minimum Gasteiger partial charge on any atom is -0.444 e. The average Bonchev–Trinajstić information content (AvgIpc) is 2.60. The lowest BCUT2D eigenvalue weighted by Crippen LogP contribution is -2.27. The number of anilines is 3. The predicted molar refractivity (Wildman–Crippen MR) is 119 cm³/mol. The largest absolute Gasteiger partial charge is 0.444 e. The first-order chi connectivity index (χ1) is 14.1. The fourth-order valence-corrected chi connectivity index (χ4v) is 2.45. The Balaban J connectivity index is 0.000000335. The summed E-state index contributed by atoms with van der Waals surface area (Å²) in [6.45, 7) is 5.43. The summed E-state index contributed by atoms with van der Waals surface area (Å²) in [6, 6.07) is 10.3. The predicted octanol–water partition coefficient (Wildman–Crippen LogP) is 6.00. The number of hydrogen-bond acceptors (Lipinski definition) is 7. The number of carbonyl (C=O) groups is 1. The van der Waals surface area contributed by atoms with Gasteiger partial charge in [0.2, 0.25) is 0 Å². The third-order valence-electron chi connectivity index (χ3n) is 3.01. The van der Waals surface area contributed by atoms with Gasteiger partial charge in [0.15, 0.2) is 0 Å². The van der Waals surface area contributed by atoms with Gasteiger partial charge in [-0.05, 0) is 39.0 Å². The summed E-state index contributed by atoms with van der Waals surface area (Å²) in [4.78, 5) is 26.8. The molecule has 0 aliphatic carbocycles. The molecule has 0 bridgehead atoms. The lowest BCUT2D eigenvalue weighted by Gasteiger charge is -2.19. The van der Waals surface area contributed by atoms with E-state index in [0.717, 1.165) is 5.69 Å². The first kappa shape index (κ1) is 23.6. The van der Waals surface area contributed by atoms with Crippen LogP contribution >= 0.6 is 34.8 Å². The maximum absolute atomic E-state index is 11.8. The van der Waals surface area contributed by atoms with Crippen LogP contribution in [-0.4, -0.2) is 31.6 Å². The number of hydrogen-bond donors (Lipinski definition) is 2. The van der Waals surface area contributed by atoms with Gasteiger partial charge in [0.1, 0.15) is 39.5 Å². The van der Waals surface area contributed by atoms with Crippen LogP contribution in [0.2, 0.25) is 15.5 Å². The standard InChI is InChI=1S/C15H17ClN4O2.C4H2Cl2N2/c1-15(2,3)22-14(21)20-11-6-4-5-10(7-11)19-13-8-12(16)17-9-18-13;5-3-1-4(6)8-2-7-3/h4-9H,1-3H3,(H,20,21)(H,17,18,19);1-2H. The number of halogens is 3. The van der Waals surface area contributed by atoms with Crippen molar-refractivity contribution >= 4 is 58.1 Å². The molecule has 0 atom stereocenters. The van der Waals surface area contributed by atoms with Crippen molar-refractivity contribution in [3.8, 4) is 0 Å². The van der Waals surface area contributed by atoms with Crippen LogP contribution in [0.3, 0.4) is 0 Å². The Hall–Kier alpha value is -2.68. The normalized spacial score (nSPS) is 10.5. The van der Waals surface area contributed by atoms with Gasteiger partial charge in [0, 0.05) is 23.5 Å². The summed E-state index contributed by atoms with van der Waals surface area (Å²) in [5.41, 5.74) is 0.820. The fourth-order valence-electron chi connectivity index (χ4n) is 1.96. The number of nitrogens with zero attached hydrogens (tertiary/aromatic N) is 4. The van der Waals surface area contributed by atoms with Crippen LogP contribution in [0.25, 0.3) is 0 Å². The quantitative estimate of drug-likeness (QED) is 0.453. The maximum atomic E-state index is 11.8. The van der Waals surface area contributed by atoms with Crippen molar-refractivity contribution in [3.05, 3.63) is 64.5 Å². The molecule has 8 nitrogen and oxygen atoms in total. The van der Waals surface area contributed by atoms with Gasteiger partial charge in [-0.2, -0.15) is 0 Å². The van der Waals surface area contributed by atoms with E-state index in [1.807, 2.05) is 26.8 Å². The van der Waals surface area contributed by atoms with E-state index in [1.54, 1.807) is 24.3 Å². The Kier molecular flexibility index (Phi) is 8.58. The molecule has 2 N–H and O–H groups in total. The first-order valence-electron chi connectivity index (χ1n) is 8.58. The molecule has 0 fully saturated rings. The second-order valence-corrected chi connectivity index (χ2v) is 7.88. The van der Waals surface area contributed by atoms with Gasteiger partial charge < -0.3 is 10.1 Å². The molecule has 158 valence electrons. The molecular formula is C19H19Cl3N6O2. The molecule has 0 unspecified atom stereocenters. The molecule has 0 saturated heterocycles. The first-order valence-corrected chi connectivity index (χ1v) is 9.72. The molecule has 1 amide bonds. The second kappa shape index (κ2) is 10.9. The van der Waals surface area contributed by atoms with Crippen LogP contribution in [0.15, 0.2) is 49.1 Å². The van der Waals surface area contributed by atoms with Crippen molar-refractivity contribution in [2.75, 3.05) is 10.6 Å². The van der Waals surface area contributed by atoms with Crippen molar-refractivity contribution in [2.45, 2.75) is 26.4 Å². The SMILES string of the molecule is CC(C)(C)OC(=O)Nc1cccc(Nc2cc(Cl)ncn2)c1.Clc1cc(Cl)ncn1. The Morgan fingerprint density at radius 1 is 0.867 bits per heavy atom. The summed E-state index contributed by atoms with van der Waals surface area (Å²) in [7, 11) is 0. The third kappa shape index (κ3) is 9.21. The van der Waals surface area contributed by atoms with E-state index in [-0.39, 0.29) is 0 Å². The number of aromatic nitrogens is 4. The highest BCUT2D eigenvalue weighted by Crippen LogP contribution is 2.20. The minimum absolute atomic E-state index is 0.348. The zero-order chi connectivity index (χ0) is 22.1. The van der Waals surface area contributed by atoms with Crippen LogP contribution in [0, 0.1) is 0 Å². The Morgan fingerprint density at radius 3 is 1.97 bits per heavy atom. The Morgan fingerprint density at radius 2 is 1.43 bits per heavy atom. The maximum Gasteiger partial charge on any atom is 0.412 e. The number of carbonyl (C=O) groups excluding carboxylic acids is 1. The van der Waals surface area contributed by atoms with Gasteiger partial charge in [0.25, 0.3) is 0 Å². The highest BCUT2D eigenvalue weighted by molar-refractivity contribution is 6.33. The number of rotatable bonds is 3. The van der Waals surface area contributed by atoms with Gasteiger partial charge in [-0.3, -0.25) is 5.32 Å². The molecule has 0 radical (unpaired) electrons. The average molecular weight is 470 g/mol. The molecule has 3 aromatic rings. The highest BCUT2D eigenvalue weighted by Gasteiger charge is 2.16. The Labute approximate surface area is 189 Å². The van der Waals surface area contributed by atoms with Crippen molar-refractivity contribution in [2.24, 2.45) is 0 Å². The molecule has 2 aromatic heterocycles. The molecule has 0 aliphatic heterocycles. The zero-order valence-corrected chi connectivity index (χ0v) is 18.6. The molecule has 2 heterocycles. The fraction of sp³-hybridized carbons (Fsp3) is 0.211. The van der Waals surface area contributed by atoms with E-state index >= 15 is 0 Å². The zero-order valence-electron chi connectivity index (χ0n) is 16.4. The highest BCUT2D eigenvalue weighted by atomic mass is 35.5. The van der Waals surface area contributed by atoms with Crippen molar-refractivity contribution in [1.29, 1.82) is 0 Å². The van der Waals surface area contributed by atoms with E-state index in [9.17, 15) is 4.79 Å². The number of ether oxygens (including phenoxy) is 1. The molecule has 11 heteroatoms. The molecule has 30 heavy (non-hydrogen) atoms. The topological polar surface area (TPSA) is 102 Å². The van der Waals surface area contributed by atoms with Crippen LogP contribution in [0.5, 0.6) is 0 Å². The summed E-state index contributed by atoms with van der Waals surface area (Å²) in [6.07, 6.45) is 2.17. The third-order valence-corrected chi connectivity index (χ3v) is 3.63. The summed E-state index contributed by atoms with van der Waals surface area (Å²) >= 11 is 16.6. The molecular weight excluding hydrogens is 451 g/mol. The Bertz CT molecular complexity index is 981. The number of amides is 1. The summed E-state index contributed by atoms with van der Waals surface area (Å²) in [5, 5.41) is 6.83. The molecule has 0 spiro atoms. The van der Waals surface area contributed by atoms with Crippen molar-refractivity contribution in [3.63, 3.8) is 0 Å².